The first-order chi connectivity index (χ1) is 22.6. The van der Waals surface area contributed by atoms with Gasteiger partial charge >= 0.3 is 12.2 Å². The molecule has 6 rings (SSSR count). The van der Waals surface area contributed by atoms with E-state index in [1.54, 1.807) is 52.2 Å². The normalized spacial score (nSPS) is 12.3. The number of pyridine rings is 1. The quantitative estimate of drug-likeness (QED) is 0.188. The van der Waals surface area contributed by atoms with Crippen LogP contribution in [0, 0.1) is 5.82 Å². The van der Waals surface area contributed by atoms with Crippen molar-refractivity contribution in [3.63, 3.8) is 0 Å². The SMILES string of the molecule is CN(Cc1nnc(-c2cc(-c3ccc(F)cc3)ncc2CNC(=O)OC(C)(C)C)o1)C(=O)OCC1c2ccccc2-c2ccccc21. The van der Waals surface area contributed by atoms with Crippen molar-refractivity contribution in [1.29, 1.82) is 0 Å². The summed E-state index contributed by atoms with van der Waals surface area (Å²) >= 11 is 0. The van der Waals surface area contributed by atoms with Crippen molar-refractivity contribution in [3.05, 3.63) is 113 Å². The van der Waals surface area contributed by atoms with E-state index in [1.807, 2.05) is 24.3 Å². The molecule has 0 spiro atoms. The van der Waals surface area contributed by atoms with Gasteiger partial charge in [0.2, 0.25) is 11.8 Å². The number of hydrogen-bond donors (Lipinski definition) is 1. The number of nitrogens with one attached hydrogen (secondary N) is 1. The third-order valence-corrected chi connectivity index (χ3v) is 7.67. The van der Waals surface area contributed by atoms with E-state index in [4.69, 9.17) is 13.9 Å². The minimum atomic E-state index is -0.668. The average Bonchev–Trinajstić information content (AvgIpc) is 3.64. The predicted molar refractivity (Wildman–Crippen MR) is 173 cm³/mol. The summed E-state index contributed by atoms with van der Waals surface area (Å²) < 4.78 is 30.7. The second-order valence-corrected chi connectivity index (χ2v) is 12.3. The highest BCUT2D eigenvalue weighted by Crippen LogP contribution is 2.44. The number of ether oxygens (including phenoxy) is 2. The molecule has 47 heavy (non-hydrogen) atoms. The van der Waals surface area contributed by atoms with Crippen LogP contribution in [0.3, 0.4) is 0 Å². The first-order valence-corrected chi connectivity index (χ1v) is 15.2. The van der Waals surface area contributed by atoms with Gasteiger partial charge in [-0.05, 0) is 73.4 Å². The Labute approximate surface area is 271 Å². The number of halogens is 1. The first-order valence-electron chi connectivity index (χ1n) is 15.2. The molecule has 11 heteroatoms. The van der Waals surface area contributed by atoms with E-state index in [9.17, 15) is 14.0 Å². The molecular weight excluding hydrogens is 601 g/mol. The largest absolute Gasteiger partial charge is 0.448 e. The number of hydrogen-bond acceptors (Lipinski definition) is 8. The van der Waals surface area contributed by atoms with E-state index in [0.717, 1.165) is 22.3 Å². The Kier molecular flexibility index (Phi) is 8.71. The summed E-state index contributed by atoms with van der Waals surface area (Å²) in [6.07, 6.45) is 0.455. The molecule has 0 saturated heterocycles. The van der Waals surface area contributed by atoms with Crippen LogP contribution in [0.2, 0.25) is 0 Å². The molecule has 0 bridgehead atoms. The number of rotatable bonds is 8. The van der Waals surface area contributed by atoms with Crippen LogP contribution in [0.25, 0.3) is 33.8 Å². The summed E-state index contributed by atoms with van der Waals surface area (Å²) in [6.45, 7) is 5.58. The van der Waals surface area contributed by atoms with Crippen molar-refractivity contribution in [2.75, 3.05) is 13.7 Å². The van der Waals surface area contributed by atoms with Crippen molar-refractivity contribution in [2.24, 2.45) is 0 Å². The zero-order chi connectivity index (χ0) is 33.1. The number of amides is 2. The second kappa shape index (κ2) is 13.0. The monoisotopic (exact) mass is 635 g/mol. The van der Waals surface area contributed by atoms with Crippen LogP contribution < -0.4 is 5.32 Å². The van der Waals surface area contributed by atoms with Crippen LogP contribution in [0.4, 0.5) is 14.0 Å². The Bertz CT molecular complexity index is 1870. The van der Waals surface area contributed by atoms with Crippen LogP contribution in [0.5, 0.6) is 0 Å². The van der Waals surface area contributed by atoms with E-state index in [2.05, 4.69) is 44.8 Å². The zero-order valence-corrected chi connectivity index (χ0v) is 26.5. The second-order valence-electron chi connectivity index (χ2n) is 12.3. The molecule has 0 aliphatic heterocycles. The molecule has 10 nitrogen and oxygen atoms in total. The highest BCUT2D eigenvalue weighted by molar-refractivity contribution is 5.79. The van der Waals surface area contributed by atoms with Crippen LogP contribution in [0.1, 0.15) is 49.3 Å². The van der Waals surface area contributed by atoms with Crippen molar-refractivity contribution < 1.29 is 27.9 Å². The van der Waals surface area contributed by atoms with E-state index in [0.29, 0.717) is 22.4 Å². The minimum Gasteiger partial charge on any atom is -0.448 e. The highest BCUT2D eigenvalue weighted by atomic mass is 19.1. The fourth-order valence-electron chi connectivity index (χ4n) is 5.48. The average molecular weight is 636 g/mol. The molecule has 2 heterocycles. The van der Waals surface area contributed by atoms with Gasteiger partial charge in [-0.2, -0.15) is 0 Å². The number of alkyl carbamates (subject to hydrolysis) is 1. The molecule has 5 aromatic rings. The Morgan fingerprint density at radius 2 is 1.60 bits per heavy atom. The maximum absolute atomic E-state index is 13.6. The molecular formula is C36H34FN5O5. The molecule has 3 aromatic carbocycles. The Balaban J connectivity index is 1.17. The maximum Gasteiger partial charge on any atom is 0.409 e. The molecule has 2 aromatic heterocycles. The fourth-order valence-corrected chi connectivity index (χ4v) is 5.48. The van der Waals surface area contributed by atoms with Gasteiger partial charge in [-0.1, -0.05) is 48.5 Å². The van der Waals surface area contributed by atoms with E-state index < -0.39 is 17.8 Å². The topological polar surface area (TPSA) is 120 Å². The molecule has 0 saturated carbocycles. The fraction of sp³-hybridized carbons (Fsp3) is 0.250. The van der Waals surface area contributed by atoms with Crippen LogP contribution in [-0.4, -0.2) is 51.5 Å². The number of fused-ring (bicyclic) bond motifs is 3. The van der Waals surface area contributed by atoms with E-state index in [-0.39, 0.29) is 43.2 Å². The van der Waals surface area contributed by atoms with Crippen molar-refractivity contribution in [1.82, 2.24) is 25.4 Å². The maximum atomic E-state index is 13.6. The van der Waals surface area contributed by atoms with Gasteiger partial charge in [-0.3, -0.25) is 4.98 Å². The summed E-state index contributed by atoms with van der Waals surface area (Å²) in [4.78, 5) is 31.3. The Hall–Kier alpha value is -5.58. The number of benzene rings is 3. The van der Waals surface area contributed by atoms with Gasteiger partial charge < -0.3 is 24.1 Å². The number of carbonyl (C=O) groups is 2. The van der Waals surface area contributed by atoms with Gasteiger partial charge in [0.1, 0.15) is 24.6 Å². The lowest BCUT2D eigenvalue weighted by Gasteiger charge is -2.20. The van der Waals surface area contributed by atoms with Gasteiger partial charge in [0.15, 0.2) is 0 Å². The summed E-state index contributed by atoms with van der Waals surface area (Å²) in [5.41, 5.74) is 6.19. The lowest BCUT2D eigenvalue weighted by atomic mass is 9.98. The third kappa shape index (κ3) is 7.14. The molecule has 0 unspecified atom stereocenters. The standard InChI is InChI=1S/C36H34FN5O5/c1-36(2,3)47-34(43)39-19-23-18-38-31(22-13-15-24(37)16-14-22)17-29(23)33-41-40-32(46-33)20-42(4)35(44)45-21-30-27-11-7-5-9-25(27)26-10-6-8-12-28(26)30/h5-18,30H,19-21H2,1-4H3,(H,39,43). The molecule has 2 amide bonds. The summed E-state index contributed by atoms with van der Waals surface area (Å²) in [5.74, 6) is -0.0893. The van der Waals surface area contributed by atoms with Crippen molar-refractivity contribution in [2.45, 2.75) is 45.4 Å². The molecule has 1 aliphatic carbocycles. The lowest BCUT2D eigenvalue weighted by molar-refractivity contribution is 0.0523. The molecule has 1 aliphatic rings. The van der Waals surface area contributed by atoms with Gasteiger partial charge in [-0.25, -0.2) is 14.0 Å². The summed E-state index contributed by atoms with van der Waals surface area (Å²) in [6, 6.07) is 23.9. The van der Waals surface area contributed by atoms with Gasteiger partial charge in [0.05, 0.1) is 5.69 Å². The Morgan fingerprint density at radius 1 is 0.936 bits per heavy atom. The van der Waals surface area contributed by atoms with Gasteiger partial charge in [0, 0.05) is 42.4 Å². The third-order valence-electron chi connectivity index (χ3n) is 7.67. The molecule has 0 radical (unpaired) electrons. The van der Waals surface area contributed by atoms with Crippen molar-refractivity contribution in [3.8, 4) is 33.8 Å². The number of carbonyl (C=O) groups excluding carboxylic acids is 2. The lowest BCUT2D eigenvalue weighted by Crippen LogP contribution is -2.32. The van der Waals surface area contributed by atoms with E-state index >= 15 is 0 Å². The summed E-state index contributed by atoms with van der Waals surface area (Å²) in [7, 11) is 1.60. The number of aromatic nitrogens is 3. The van der Waals surface area contributed by atoms with Crippen LogP contribution in [0.15, 0.2) is 89.5 Å². The zero-order valence-electron chi connectivity index (χ0n) is 26.5. The van der Waals surface area contributed by atoms with Crippen LogP contribution >= 0.6 is 0 Å². The highest BCUT2D eigenvalue weighted by Gasteiger charge is 2.29. The minimum absolute atomic E-state index is 0.00503. The predicted octanol–water partition coefficient (Wildman–Crippen LogP) is 7.34. The Morgan fingerprint density at radius 3 is 2.26 bits per heavy atom. The van der Waals surface area contributed by atoms with Gasteiger partial charge in [-0.15, -0.1) is 10.2 Å². The van der Waals surface area contributed by atoms with Gasteiger partial charge in [0.25, 0.3) is 0 Å². The first kappa shape index (κ1) is 31.4. The molecule has 240 valence electrons. The molecule has 0 fully saturated rings. The molecule has 1 N–H and O–H groups in total. The van der Waals surface area contributed by atoms with Crippen LogP contribution in [-0.2, 0) is 22.6 Å². The van der Waals surface area contributed by atoms with E-state index in [1.165, 1.54) is 17.0 Å². The summed E-state index contributed by atoms with van der Waals surface area (Å²) in [5, 5.41) is 11.1. The molecule has 0 atom stereocenters. The number of nitrogens with zero attached hydrogens (tertiary/aromatic N) is 4. The van der Waals surface area contributed by atoms with Crippen molar-refractivity contribution >= 4 is 12.2 Å². The smallest absolute Gasteiger partial charge is 0.409 e.